The number of benzene rings is 11. The molecular formula is C78H57N5. The van der Waals surface area contributed by atoms with E-state index in [-0.39, 0.29) is 0 Å². The summed E-state index contributed by atoms with van der Waals surface area (Å²) in [6, 6.07) is 92.4. The number of nitrogens with zero attached hydrogens (tertiary/aromatic N) is 5. The van der Waals surface area contributed by atoms with Gasteiger partial charge in [-0.1, -0.05) is 224 Å². The van der Waals surface area contributed by atoms with Crippen molar-refractivity contribution in [3.05, 3.63) is 289 Å². The van der Waals surface area contributed by atoms with Crippen LogP contribution in [-0.2, 0) is 6.42 Å². The monoisotopic (exact) mass is 1060 g/mol. The van der Waals surface area contributed by atoms with Crippen LogP contribution in [0.2, 0.25) is 0 Å². The van der Waals surface area contributed by atoms with Gasteiger partial charge in [0.1, 0.15) is 0 Å². The van der Waals surface area contributed by atoms with Crippen LogP contribution in [-0.4, -0.2) is 24.1 Å². The summed E-state index contributed by atoms with van der Waals surface area (Å²) < 4.78 is 5.06. The van der Waals surface area contributed by atoms with Gasteiger partial charge in [-0.15, -0.1) is 0 Å². The van der Waals surface area contributed by atoms with Gasteiger partial charge < -0.3 is 9.13 Å². The lowest BCUT2D eigenvalue weighted by atomic mass is 9.91. The fraction of sp³-hybridized carbons (Fsp3) is 0.0641. The Morgan fingerprint density at radius 1 is 0.337 bits per heavy atom. The van der Waals surface area contributed by atoms with Crippen molar-refractivity contribution in [3.8, 4) is 101 Å². The van der Waals surface area contributed by atoms with E-state index in [9.17, 15) is 0 Å². The molecule has 394 valence electrons. The molecule has 3 aromatic heterocycles. The molecule has 5 heteroatoms. The van der Waals surface area contributed by atoms with E-state index in [0.717, 1.165) is 85.3 Å². The summed E-state index contributed by atoms with van der Waals surface area (Å²) >= 11 is 0. The van der Waals surface area contributed by atoms with Crippen LogP contribution < -0.4 is 0 Å². The lowest BCUT2D eigenvalue weighted by Crippen LogP contribution is -2.05. The highest BCUT2D eigenvalue weighted by Gasteiger charge is 2.26. The summed E-state index contributed by atoms with van der Waals surface area (Å²) in [6.07, 6.45) is 6.63. The fourth-order valence-electron chi connectivity index (χ4n) is 13.0. The Hall–Kier alpha value is -10.5. The number of para-hydroxylation sites is 1. The summed E-state index contributed by atoms with van der Waals surface area (Å²) in [5.74, 6) is 1.81. The third-order valence-corrected chi connectivity index (χ3v) is 16.7. The van der Waals surface area contributed by atoms with Crippen molar-refractivity contribution in [1.82, 2.24) is 24.1 Å². The molecule has 0 N–H and O–H groups in total. The Kier molecular flexibility index (Phi) is 12.3. The van der Waals surface area contributed by atoms with Crippen molar-refractivity contribution in [3.63, 3.8) is 0 Å². The Morgan fingerprint density at radius 3 is 1.33 bits per heavy atom. The predicted octanol–water partition coefficient (Wildman–Crippen LogP) is 20.1. The Morgan fingerprint density at radius 2 is 0.771 bits per heavy atom. The molecule has 3 heterocycles. The molecule has 5 nitrogen and oxygen atoms in total. The van der Waals surface area contributed by atoms with Crippen LogP contribution in [0.3, 0.4) is 0 Å². The Labute approximate surface area is 483 Å². The zero-order valence-electron chi connectivity index (χ0n) is 46.6. The van der Waals surface area contributed by atoms with Crippen molar-refractivity contribution < 1.29 is 0 Å². The fourth-order valence-corrected chi connectivity index (χ4v) is 13.0. The first-order valence-corrected chi connectivity index (χ1v) is 28.7. The molecule has 0 atom stereocenters. The molecule has 0 spiro atoms. The summed E-state index contributed by atoms with van der Waals surface area (Å²) in [7, 11) is 0. The second kappa shape index (κ2) is 20.6. The van der Waals surface area contributed by atoms with Crippen molar-refractivity contribution in [1.29, 1.82) is 0 Å². The maximum Gasteiger partial charge on any atom is 0.164 e. The summed E-state index contributed by atoms with van der Waals surface area (Å²) in [5.41, 5.74) is 26.2. The van der Waals surface area contributed by atoms with Gasteiger partial charge in [-0.3, -0.25) is 0 Å². The largest absolute Gasteiger partial charge is 0.313 e. The number of aryl methyl sites for hydroxylation is 3. The Bertz CT molecular complexity index is 4640. The number of hydrogen-bond donors (Lipinski definition) is 0. The number of fused-ring (bicyclic) bond motifs is 6. The molecule has 15 rings (SSSR count). The second-order valence-corrected chi connectivity index (χ2v) is 22.0. The van der Waals surface area contributed by atoms with Crippen LogP contribution in [0.15, 0.2) is 261 Å². The van der Waals surface area contributed by atoms with Gasteiger partial charge in [0.2, 0.25) is 0 Å². The number of hydrogen-bond acceptors (Lipinski definition) is 3. The third kappa shape index (κ3) is 8.86. The third-order valence-electron chi connectivity index (χ3n) is 16.7. The molecule has 0 unspecified atom stereocenters. The molecule has 0 fully saturated rings. The van der Waals surface area contributed by atoms with E-state index in [1.807, 2.05) is 36.4 Å². The first kappa shape index (κ1) is 49.5. The molecule has 0 radical (unpaired) electrons. The van der Waals surface area contributed by atoms with E-state index < -0.39 is 0 Å². The maximum atomic E-state index is 5.38. The molecule has 0 amide bonds. The van der Waals surface area contributed by atoms with Crippen molar-refractivity contribution in [2.24, 2.45) is 0 Å². The molecule has 1 aliphatic rings. The first-order valence-electron chi connectivity index (χ1n) is 28.7. The topological polar surface area (TPSA) is 48.5 Å². The van der Waals surface area contributed by atoms with Gasteiger partial charge in [0.15, 0.2) is 17.5 Å². The summed E-state index contributed by atoms with van der Waals surface area (Å²) in [4.78, 5) is 15.9. The predicted molar refractivity (Wildman–Crippen MR) is 346 cm³/mol. The van der Waals surface area contributed by atoms with Crippen molar-refractivity contribution in [2.45, 2.75) is 33.6 Å². The minimum Gasteiger partial charge on any atom is -0.313 e. The molecule has 0 saturated carbocycles. The van der Waals surface area contributed by atoms with Crippen LogP contribution in [0, 0.1) is 20.8 Å². The van der Waals surface area contributed by atoms with Crippen LogP contribution in [0.4, 0.5) is 0 Å². The van der Waals surface area contributed by atoms with Gasteiger partial charge in [0, 0.05) is 60.9 Å². The van der Waals surface area contributed by atoms with Crippen LogP contribution in [0.1, 0.15) is 34.4 Å². The Balaban J connectivity index is 1.06. The van der Waals surface area contributed by atoms with Gasteiger partial charge in [0.25, 0.3) is 0 Å². The molecule has 11 aromatic carbocycles. The van der Waals surface area contributed by atoms with Gasteiger partial charge in [0.05, 0.1) is 22.2 Å². The van der Waals surface area contributed by atoms with Gasteiger partial charge >= 0.3 is 0 Å². The SMILES string of the molecule is Cc1cc(C)c(-c2ccc3c(c2)c2cc(-n4c5c(c6ccccc64)C=CCC5)ccc2n3-c2c(-c3ccc(-c4ccccc4)cc3)cc(-c3nc(-c4ccccc4)nc(-c4ccccc4)n3)cc2-c2ccc(-c3ccccc3)cc2)c(C)c1. The highest BCUT2D eigenvalue weighted by molar-refractivity contribution is 6.13. The summed E-state index contributed by atoms with van der Waals surface area (Å²) in [5, 5.41) is 3.64. The van der Waals surface area contributed by atoms with E-state index in [1.165, 1.54) is 71.9 Å². The zero-order chi connectivity index (χ0) is 55.5. The van der Waals surface area contributed by atoms with E-state index >= 15 is 0 Å². The molecule has 1 aliphatic carbocycles. The average Bonchev–Trinajstić information content (AvgIpc) is 2.55. The number of allylic oxidation sites excluding steroid dienone is 1. The van der Waals surface area contributed by atoms with Crippen LogP contribution in [0.25, 0.3) is 140 Å². The smallest absolute Gasteiger partial charge is 0.164 e. The standard InChI is InChI=1S/C78H57N5/c1-50-44-51(2)74(52(3)45-50)61-40-42-72-68(46-61)69-49-63(82-70-30-18-16-28-64(70)65-29-17-19-31-71(65)82)41-43-73(69)83(72)75-66(57-36-32-55(33-37-57)53-20-8-4-9-21-53)47-62(48-67(75)58-38-34-56(35-39-58)54-22-10-5-11-23-54)78-80-76(59-24-12-6-13-25-59)79-77(81-78)60-26-14-7-15-27-60/h4-18,20-30,32-49H,19,31H2,1-3H3. The minimum atomic E-state index is 0.589. The zero-order valence-corrected chi connectivity index (χ0v) is 46.6. The molecule has 0 saturated heterocycles. The van der Waals surface area contributed by atoms with Crippen LogP contribution in [0.5, 0.6) is 0 Å². The quantitative estimate of drug-likeness (QED) is 0.137. The highest BCUT2D eigenvalue weighted by atomic mass is 15.0. The molecule has 0 bridgehead atoms. The number of rotatable bonds is 10. The van der Waals surface area contributed by atoms with E-state index in [1.54, 1.807) is 0 Å². The lowest BCUT2D eigenvalue weighted by Gasteiger charge is -2.22. The lowest BCUT2D eigenvalue weighted by molar-refractivity contribution is 0.889. The number of aromatic nitrogens is 5. The normalized spacial score (nSPS) is 12.1. The van der Waals surface area contributed by atoms with Gasteiger partial charge in [-0.2, -0.15) is 0 Å². The average molecular weight is 1060 g/mol. The van der Waals surface area contributed by atoms with Crippen molar-refractivity contribution in [2.75, 3.05) is 0 Å². The molecule has 83 heavy (non-hydrogen) atoms. The molecular weight excluding hydrogens is 1010 g/mol. The summed E-state index contributed by atoms with van der Waals surface area (Å²) in [6.45, 7) is 6.69. The van der Waals surface area contributed by atoms with E-state index in [4.69, 9.17) is 15.0 Å². The first-order chi connectivity index (χ1) is 40.9. The second-order valence-electron chi connectivity index (χ2n) is 22.0. The molecule has 14 aromatic rings. The van der Waals surface area contributed by atoms with Gasteiger partial charge in [-0.05, 0) is 138 Å². The highest BCUT2D eigenvalue weighted by Crippen LogP contribution is 2.47. The van der Waals surface area contributed by atoms with Crippen molar-refractivity contribution >= 4 is 38.8 Å². The van der Waals surface area contributed by atoms with E-state index in [2.05, 4.69) is 260 Å². The van der Waals surface area contributed by atoms with Gasteiger partial charge in [-0.25, -0.2) is 15.0 Å². The van der Waals surface area contributed by atoms with Crippen LogP contribution >= 0.6 is 0 Å². The van der Waals surface area contributed by atoms with E-state index in [0.29, 0.717) is 17.5 Å². The molecule has 0 aliphatic heterocycles. The minimum absolute atomic E-state index is 0.589. The maximum absolute atomic E-state index is 5.38.